The van der Waals surface area contributed by atoms with Crippen LogP contribution in [-0.4, -0.2) is 160 Å². The molecule has 23 heteroatoms. The van der Waals surface area contributed by atoms with Crippen LogP contribution < -0.4 is 36.6 Å². The van der Waals surface area contributed by atoms with E-state index in [4.69, 9.17) is 25.8 Å². The van der Waals surface area contributed by atoms with Crippen molar-refractivity contribution in [2.45, 2.75) is 134 Å². The molecule has 9 N–H and O–H groups in total. The van der Waals surface area contributed by atoms with Crippen LogP contribution in [0.3, 0.4) is 0 Å². The standard InChI is InChI=1S/C51H70ClN7O15/c1-10-27(4)39-46(66)58-42-33-16-18-34(19-17-33)74-31(8)51(71,25-52)21-20-37(61)53-23-38(62)72-24-35(50(70)73-30(7)41(48(68)55-39)57-44(64)28(5)43(63)26(2)3)54-47(67)40(29(6)60)56-45(65)36(59(9)49(42)69)22-32-14-12-11-13-15-32/h11-21,26-31,35-36,39-43,60,63,71H,10,22-25H2,1-9H3,(H,53,61)(H,54,67)(H,55,68)(H,56,65)(H,57,64)(H,58,66)/b21-20+/t27-,28+,29+,30+,31+,35-,36-,39+,40+,41-,42-,43+,51-/m0/s1. The number of hydrogen-bond donors (Lipinski definition) is 9. The molecule has 3 aliphatic rings. The molecule has 0 unspecified atom stereocenters. The lowest BCUT2D eigenvalue weighted by Crippen LogP contribution is -2.61. The maximum absolute atomic E-state index is 15.2. The fourth-order valence-electron chi connectivity index (χ4n) is 7.90. The Morgan fingerprint density at radius 2 is 1.46 bits per heavy atom. The van der Waals surface area contributed by atoms with Crippen molar-refractivity contribution in [2.75, 3.05) is 26.1 Å². The number of ether oxygens (including phenoxy) is 3. The number of alkyl halides is 1. The van der Waals surface area contributed by atoms with Crippen LogP contribution in [0.15, 0.2) is 66.7 Å². The Hall–Kier alpha value is -6.62. The van der Waals surface area contributed by atoms with Crippen molar-refractivity contribution in [1.82, 2.24) is 36.8 Å². The van der Waals surface area contributed by atoms with Crippen LogP contribution in [0.4, 0.5) is 0 Å². The third kappa shape index (κ3) is 15.9. The average molecular weight is 1060 g/mol. The normalized spacial score (nSPS) is 28.5. The minimum Gasteiger partial charge on any atom is -0.487 e. The molecule has 13 atom stereocenters. The number of fused-ring (bicyclic) bond motifs is 11. The molecule has 0 aromatic heterocycles. The Kier molecular flexibility index (Phi) is 21.9. The van der Waals surface area contributed by atoms with Crippen molar-refractivity contribution in [2.24, 2.45) is 17.8 Å². The van der Waals surface area contributed by atoms with Crippen LogP contribution >= 0.6 is 11.6 Å². The summed E-state index contributed by atoms with van der Waals surface area (Å²) in [7, 11) is 1.29. The Bertz CT molecular complexity index is 2360. The van der Waals surface area contributed by atoms with Crippen LogP contribution in [0, 0.1) is 17.8 Å². The van der Waals surface area contributed by atoms with Crippen LogP contribution in [0.25, 0.3) is 0 Å². The summed E-state index contributed by atoms with van der Waals surface area (Å²) >= 11 is 6.17. The van der Waals surface area contributed by atoms with E-state index in [0.717, 1.165) is 24.0 Å². The summed E-state index contributed by atoms with van der Waals surface area (Å²) in [6, 6.07) is 4.00. The smallest absolute Gasteiger partial charge is 0.332 e. The number of esters is 2. The Balaban J connectivity index is 2.03. The third-order valence-corrected chi connectivity index (χ3v) is 13.6. The highest BCUT2D eigenvalue weighted by atomic mass is 35.5. The molecule has 7 amide bonds. The number of carbonyl (C=O) groups excluding carboxylic acids is 9. The molecule has 2 aromatic carbocycles. The van der Waals surface area contributed by atoms with Gasteiger partial charge in [-0.15, -0.1) is 11.6 Å². The molecule has 74 heavy (non-hydrogen) atoms. The van der Waals surface area contributed by atoms with Crippen LogP contribution in [0.1, 0.15) is 79.0 Å². The minimum atomic E-state index is -1.98. The van der Waals surface area contributed by atoms with Gasteiger partial charge < -0.3 is 66.3 Å². The number of carbonyl (C=O) groups is 9. The summed E-state index contributed by atoms with van der Waals surface area (Å²) in [5.74, 6) is -11.8. The molecule has 3 aliphatic heterocycles. The number of cyclic esters (lactones) is 1. The van der Waals surface area contributed by atoms with E-state index < -0.39 is 156 Å². The number of halogens is 1. The van der Waals surface area contributed by atoms with Gasteiger partial charge >= 0.3 is 11.9 Å². The molecule has 0 saturated carbocycles. The molecule has 5 rings (SSSR count). The van der Waals surface area contributed by atoms with E-state index in [2.05, 4.69) is 31.9 Å². The second kappa shape index (κ2) is 27.1. The van der Waals surface area contributed by atoms with E-state index in [1.165, 1.54) is 52.1 Å². The van der Waals surface area contributed by atoms with Crippen LogP contribution in [0.5, 0.6) is 5.75 Å². The number of nitrogens with zero attached hydrogens (tertiary/aromatic N) is 1. The van der Waals surface area contributed by atoms with Gasteiger partial charge in [0, 0.05) is 19.5 Å². The van der Waals surface area contributed by atoms with E-state index in [1.54, 1.807) is 58.0 Å². The molecule has 0 aliphatic carbocycles. The minimum absolute atomic E-state index is 0.133. The van der Waals surface area contributed by atoms with Crippen molar-refractivity contribution in [3.63, 3.8) is 0 Å². The average Bonchev–Trinajstić information content (AvgIpc) is 3.37. The second-order valence-electron chi connectivity index (χ2n) is 19.1. The first-order chi connectivity index (χ1) is 34.8. The molecular weight excluding hydrogens is 986 g/mol. The zero-order valence-electron chi connectivity index (χ0n) is 43.0. The highest BCUT2D eigenvalue weighted by Gasteiger charge is 2.42. The van der Waals surface area contributed by atoms with Crippen molar-refractivity contribution in [3.05, 3.63) is 77.9 Å². The number of rotatable bonds is 10. The van der Waals surface area contributed by atoms with Gasteiger partial charge in [-0.2, -0.15) is 0 Å². The van der Waals surface area contributed by atoms with Gasteiger partial charge in [-0.3, -0.25) is 38.4 Å². The summed E-state index contributed by atoms with van der Waals surface area (Å²) in [6.07, 6.45) is -3.61. The van der Waals surface area contributed by atoms with Gasteiger partial charge in [0.05, 0.1) is 24.0 Å². The van der Waals surface area contributed by atoms with Crippen molar-refractivity contribution < 1.29 is 72.7 Å². The quantitative estimate of drug-likeness (QED) is 0.110. The Labute approximate surface area is 435 Å². The molecule has 406 valence electrons. The van der Waals surface area contributed by atoms with Gasteiger partial charge in [-0.05, 0) is 61.9 Å². The fourth-order valence-corrected chi connectivity index (χ4v) is 8.20. The monoisotopic (exact) mass is 1060 g/mol. The predicted octanol–water partition coefficient (Wildman–Crippen LogP) is -0.156. The first kappa shape index (κ1) is 59.9. The maximum atomic E-state index is 15.2. The van der Waals surface area contributed by atoms with Gasteiger partial charge in [0.2, 0.25) is 41.4 Å². The van der Waals surface area contributed by atoms with Gasteiger partial charge in [0.25, 0.3) is 0 Å². The Morgan fingerprint density at radius 1 is 0.838 bits per heavy atom. The summed E-state index contributed by atoms with van der Waals surface area (Å²) < 4.78 is 17.0. The second-order valence-corrected chi connectivity index (χ2v) is 19.4. The van der Waals surface area contributed by atoms with Crippen molar-refractivity contribution in [1.29, 1.82) is 0 Å². The molecular formula is C51H70ClN7O15. The number of benzene rings is 2. The molecule has 3 heterocycles. The summed E-state index contributed by atoms with van der Waals surface area (Å²) in [5, 5.41) is 48.3. The largest absolute Gasteiger partial charge is 0.487 e. The van der Waals surface area contributed by atoms with Crippen molar-refractivity contribution in [3.8, 4) is 5.75 Å². The predicted molar refractivity (Wildman–Crippen MR) is 267 cm³/mol. The first-order valence-corrected chi connectivity index (χ1v) is 24.9. The lowest BCUT2D eigenvalue weighted by molar-refractivity contribution is -0.160. The SMILES string of the molecule is CC[C@H](C)[C@H]1NC(=O)[C@@H](NC(=O)[C@H](C)[C@H](O)C(C)C)[C@@H](C)OC(=O)[C@@H]2COC(=O)CNC(=O)/C=C/[C@](O)(CCl)[C@@H](C)Oc3ccc(cc3)[C@H](NC1=O)C(=O)N(C)[C@@H](Cc1ccccc1)C(=O)N[C@H]([C@@H](C)O)C(=O)N2. The zero-order chi connectivity index (χ0) is 55.2. The number of nitrogens with one attached hydrogen (secondary N) is 6. The third-order valence-electron chi connectivity index (χ3n) is 13.1. The molecule has 2 aromatic rings. The summed E-state index contributed by atoms with van der Waals surface area (Å²) in [5.41, 5.74) is -1.28. The lowest BCUT2D eigenvalue weighted by atomic mass is 9.93. The number of amides is 7. The van der Waals surface area contributed by atoms with Gasteiger partial charge in [-0.25, -0.2) is 4.79 Å². The topological polar surface area (TPSA) is 317 Å². The van der Waals surface area contributed by atoms with E-state index in [9.17, 15) is 53.7 Å². The van der Waals surface area contributed by atoms with Gasteiger partial charge in [0.1, 0.15) is 66.9 Å². The Morgan fingerprint density at radius 3 is 2.05 bits per heavy atom. The van der Waals surface area contributed by atoms with Crippen molar-refractivity contribution >= 4 is 64.9 Å². The van der Waals surface area contributed by atoms with E-state index in [1.807, 2.05) is 0 Å². The maximum Gasteiger partial charge on any atom is 0.332 e. The van der Waals surface area contributed by atoms with E-state index in [0.29, 0.717) is 5.56 Å². The van der Waals surface area contributed by atoms with Crippen LogP contribution in [-0.2, 0) is 59.0 Å². The first-order valence-electron chi connectivity index (χ1n) is 24.4. The number of likely N-dealkylation sites (N-methyl/N-ethyl adjacent to an activating group) is 1. The van der Waals surface area contributed by atoms with E-state index >= 15 is 4.79 Å². The number of hydrogen-bond acceptors (Lipinski definition) is 15. The number of aliphatic hydroxyl groups is 3. The van der Waals surface area contributed by atoms with Gasteiger partial charge in [0.15, 0.2) is 6.04 Å². The zero-order valence-corrected chi connectivity index (χ0v) is 43.7. The molecule has 1 fully saturated rings. The van der Waals surface area contributed by atoms with Crippen LogP contribution in [0.2, 0.25) is 0 Å². The summed E-state index contributed by atoms with van der Waals surface area (Å²) in [4.78, 5) is 128. The lowest BCUT2D eigenvalue weighted by Gasteiger charge is -2.34. The molecule has 0 radical (unpaired) electrons. The molecule has 4 bridgehead atoms. The highest BCUT2D eigenvalue weighted by molar-refractivity contribution is 6.18. The fraction of sp³-hybridized carbons (Fsp3) is 0.549. The highest BCUT2D eigenvalue weighted by Crippen LogP contribution is 2.26. The van der Waals surface area contributed by atoms with Gasteiger partial charge in [-0.1, -0.05) is 83.5 Å². The molecule has 1 saturated heterocycles. The summed E-state index contributed by atoms with van der Waals surface area (Å²) in [6.45, 7) is 10.2. The van der Waals surface area contributed by atoms with E-state index in [-0.39, 0.29) is 24.2 Å². The number of aliphatic hydroxyl groups excluding tert-OH is 2. The molecule has 22 nitrogen and oxygen atoms in total. The molecule has 0 spiro atoms.